The highest BCUT2D eigenvalue weighted by Crippen LogP contribution is 2.02. The average Bonchev–Trinajstić information content (AvgIpc) is 2.75. The molecule has 6 heteroatoms. The zero-order valence-electron chi connectivity index (χ0n) is 10.2. The van der Waals surface area contributed by atoms with E-state index in [1.807, 2.05) is 6.92 Å². The maximum Gasteiger partial charge on any atom is 0.263 e. The number of amides is 1. The van der Waals surface area contributed by atoms with E-state index in [0.717, 1.165) is 11.3 Å². The molecule has 0 radical (unpaired) electrons. The fourth-order valence-corrected chi connectivity index (χ4v) is 1.59. The Morgan fingerprint density at radius 3 is 3.00 bits per heavy atom. The van der Waals surface area contributed by atoms with Gasteiger partial charge in [0, 0.05) is 31.0 Å². The van der Waals surface area contributed by atoms with E-state index in [1.54, 1.807) is 25.5 Å². The largest absolute Gasteiger partial charge is 0.348 e. The second-order valence-corrected chi connectivity index (χ2v) is 4.04. The summed E-state index contributed by atoms with van der Waals surface area (Å²) in [6, 6.07) is 3.18. The van der Waals surface area contributed by atoms with Gasteiger partial charge in [-0.2, -0.15) is 5.10 Å². The minimum absolute atomic E-state index is 0.140. The zero-order chi connectivity index (χ0) is 13.1. The van der Waals surface area contributed by atoms with Gasteiger partial charge in [0.1, 0.15) is 5.56 Å². The van der Waals surface area contributed by atoms with Gasteiger partial charge in [-0.25, -0.2) is 0 Å². The molecular weight excluding hydrogens is 232 g/mol. The fourth-order valence-electron chi connectivity index (χ4n) is 1.59. The van der Waals surface area contributed by atoms with Crippen molar-refractivity contribution in [3.05, 3.63) is 51.7 Å². The number of nitrogens with zero attached hydrogens (tertiary/aromatic N) is 2. The first-order chi connectivity index (χ1) is 8.59. The van der Waals surface area contributed by atoms with Crippen molar-refractivity contribution in [2.24, 2.45) is 7.05 Å². The lowest BCUT2D eigenvalue weighted by Gasteiger charge is -2.05. The van der Waals surface area contributed by atoms with Crippen LogP contribution in [-0.2, 0) is 13.6 Å². The fraction of sp³-hybridized carbons (Fsp3) is 0.250. The van der Waals surface area contributed by atoms with Gasteiger partial charge in [0.05, 0.1) is 6.20 Å². The highest BCUT2D eigenvalue weighted by molar-refractivity contribution is 5.93. The molecule has 0 unspecified atom stereocenters. The van der Waals surface area contributed by atoms with Crippen molar-refractivity contribution in [2.45, 2.75) is 13.5 Å². The van der Waals surface area contributed by atoms with Gasteiger partial charge < -0.3 is 9.88 Å². The molecule has 0 aliphatic rings. The molecule has 2 heterocycles. The number of hydrogen-bond acceptors (Lipinski definition) is 3. The number of aryl methyl sites for hydroxylation is 2. The molecule has 2 aromatic rings. The number of carbonyl (C=O) groups excluding carboxylic acids is 1. The van der Waals surface area contributed by atoms with Gasteiger partial charge in [0.2, 0.25) is 0 Å². The van der Waals surface area contributed by atoms with Gasteiger partial charge in [-0.15, -0.1) is 0 Å². The Labute approximate surface area is 104 Å². The summed E-state index contributed by atoms with van der Waals surface area (Å²) in [5.41, 5.74) is 1.63. The number of rotatable bonds is 3. The number of carbonyl (C=O) groups is 1. The lowest BCUT2D eigenvalue weighted by atomic mass is 10.2. The lowest BCUT2D eigenvalue weighted by molar-refractivity contribution is 0.0949. The van der Waals surface area contributed by atoms with Gasteiger partial charge in [-0.05, 0) is 19.1 Å². The first kappa shape index (κ1) is 12.1. The summed E-state index contributed by atoms with van der Waals surface area (Å²) in [4.78, 5) is 23.6. The second-order valence-electron chi connectivity index (χ2n) is 4.04. The summed E-state index contributed by atoms with van der Waals surface area (Å²) in [6.07, 6.45) is 3.26. The number of hydrogen-bond donors (Lipinski definition) is 2. The first-order valence-corrected chi connectivity index (χ1v) is 5.52. The van der Waals surface area contributed by atoms with Crippen molar-refractivity contribution >= 4 is 5.91 Å². The molecule has 0 fully saturated rings. The Hall–Kier alpha value is -2.37. The van der Waals surface area contributed by atoms with Crippen molar-refractivity contribution in [2.75, 3.05) is 0 Å². The Kier molecular flexibility index (Phi) is 3.27. The molecular formula is C12H14N4O2. The molecule has 0 bridgehead atoms. The number of aromatic nitrogens is 3. The second kappa shape index (κ2) is 4.87. The molecule has 0 spiro atoms. The van der Waals surface area contributed by atoms with E-state index in [4.69, 9.17) is 0 Å². The predicted octanol–water partition coefficient (Wildman–Crippen LogP) is 0.347. The first-order valence-electron chi connectivity index (χ1n) is 5.52. The number of nitrogens with one attached hydrogen (secondary N) is 2. The molecule has 6 nitrogen and oxygen atoms in total. The molecule has 0 aliphatic heterocycles. The number of pyridine rings is 1. The smallest absolute Gasteiger partial charge is 0.263 e. The molecule has 18 heavy (non-hydrogen) atoms. The molecule has 2 rings (SSSR count). The molecule has 1 amide bonds. The third kappa shape index (κ3) is 2.32. The van der Waals surface area contributed by atoms with Crippen LogP contribution in [0, 0.1) is 6.92 Å². The Morgan fingerprint density at radius 1 is 1.56 bits per heavy atom. The Morgan fingerprint density at radius 2 is 2.33 bits per heavy atom. The van der Waals surface area contributed by atoms with Gasteiger partial charge in [-0.1, -0.05) is 0 Å². The van der Waals surface area contributed by atoms with Crippen molar-refractivity contribution in [1.82, 2.24) is 20.1 Å². The summed E-state index contributed by atoms with van der Waals surface area (Å²) >= 11 is 0. The van der Waals surface area contributed by atoms with Crippen LogP contribution in [0.1, 0.15) is 21.6 Å². The van der Waals surface area contributed by atoms with Crippen LogP contribution in [-0.4, -0.2) is 20.7 Å². The average molecular weight is 246 g/mol. The SMILES string of the molecule is Cc1[nH]ncc1CNC(=O)c1cccn(C)c1=O. The van der Waals surface area contributed by atoms with Crippen LogP contribution in [0.25, 0.3) is 0 Å². The van der Waals surface area contributed by atoms with Crippen LogP contribution in [0.15, 0.2) is 29.3 Å². The number of H-pyrrole nitrogens is 1. The van der Waals surface area contributed by atoms with Crippen molar-refractivity contribution in [3.63, 3.8) is 0 Å². The summed E-state index contributed by atoms with van der Waals surface area (Å²) in [7, 11) is 1.61. The van der Waals surface area contributed by atoms with Crippen LogP contribution >= 0.6 is 0 Å². The molecule has 94 valence electrons. The van der Waals surface area contributed by atoms with E-state index in [0.29, 0.717) is 6.54 Å². The highest BCUT2D eigenvalue weighted by atomic mass is 16.2. The summed E-state index contributed by atoms with van der Waals surface area (Å²) in [5.74, 6) is -0.378. The van der Waals surface area contributed by atoms with Gasteiger partial charge in [-0.3, -0.25) is 14.7 Å². The van der Waals surface area contributed by atoms with Crippen LogP contribution in [0.5, 0.6) is 0 Å². The standard InChI is InChI=1S/C12H14N4O2/c1-8-9(7-14-15-8)6-13-11(17)10-4-3-5-16(2)12(10)18/h3-5,7H,6H2,1-2H3,(H,13,17)(H,14,15). The van der Waals surface area contributed by atoms with E-state index in [-0.39, 0.29) is 17.0 Å². The van der Waals surface area contributed by atoms with E-state index in [9.17, 15) is 9.59 Å². The van der Waals surface area contributed by atoms with Crippen LogP contribution in [0.3, 0.4) is 0 Å². The molecule has 2 N–H and O–H groups in total. The minimum Gasteiger partial charge on any atom is -0.348 e. The highest BCUT2D eigenvalue weighted by Gasteiger charge is 2.11. The van der Waals surface area contributed by atoms with Crippen molar-refractivity contribution in [1.29, 1.82) is 0 Å². The Balaban J connectivity index is 2.11. The quantitative estimate of drug-likeness (QED) is 0.820. The van der Waals surface area contributed by atoms with Gasteiger partial charge in [0.25, 0.3) is 11.5 Å². The summed E-state index contributed by atoms with van der Waals surface area (Å²) in [5, 5.41) is 9.35. The normalized spacial score (nSPS) is 10.3. The minimum atomic E-state index is -0.378. The van der Waals surface area contributed by atoms with Crippen LogP contribution in [0.2, 0.25) is 0 Å². The van der Waals surface area contributed by atoms with E-state index >= 15 is 0 Å². The van der Waals surface area contributed by atoms with Crippen LogP contribution < -0.4 is 10.9 Å². The maximum absolute atomic E-state index is 11.9. The molecule has 0 saturated carbocycles. The van der Waals surface area contributed by atoms with E-state index < -0.39 is 0 Å². The molecule has 0 atom stereocenters. The third-order valence-electron chi connectivity index (χ3n) is 2.74. The zero-order valence-corrected chi connectivity index (χ0v) is 10.2. The van der Waals surface area contributed by atoms with Gasteiger partial charge in [0.15, 0.2) is 0 Å². The van der Waals surface area contributed by atoms with E-state index in [1.165, 1.54) is 10.6 Å². The predicted molar refractivity (Wildman–Crippen MR) is 66.2 cm³/mol. The third-order valence-corrected chi connectivity index (χ3v) is 2.74. The molecule has 2 aromatic heterocycles. The molecule has 0 aliphatic carbocycles. The van der Waals surface area contributed by atoms with Crippen molar-refractivity contribution < 1.29 is 4.79 Å². The Bertz CT molecular complexity index is 627. The summed E-state index contributed by atoms with van der Waals surface area (Å²) < 4.78 is 1.37. The maximum atomic E-state index is 11.9. The summed E-state index contributed by atoms with van der Waals surface area (Å²) in [6.45, 7) is 2.22. The lowest BCUT2D eigenvalue weighted by Crippen LogP contribution is -2.31. The monoisotopic (exact) mass is 246 g/mol. The van der Waals surface area contributed by atoms with E-state index in [2.05, 4.69) is 15.5 Å². The van der Waals surface area contributed by atoms with Crippen LogP contribution in [0.4, 0.5) is 0 Å². The van der Waals surface area contributed by atoms with Gasteiger partial charge >= 0.3 is 0 Å². The van der Waals surface area contributed by atoms with Crippen molar-refractivity contribution in [3.8, 4) is 0 Å². The molecule has 0 saturated heterocycles. The topological polar surface area (TPSA) is 79.8 Å². The number of aromatic amines is 1. The molecule has 0 aromatic carbocycles.